The third-order valence-electron chi connectivity index (χ3n) is 4.15. The molecule has 1 aromatic carbocycles. The molecule has 1 amide bonds. The Balaban J connectivity index is 2.28. The first-order valence-corrected chi connectivity index (χ1v) is 8.46. The fraction of sp³-hybridized carbons (Fsp3) is 0.263. The smallest absolute Gasteiger partial charge is 0.322 e. The third kappa shape index (κ3) is 3.15. The maximum atomic E-state index is 12.9. The second-order valence-corrected chi connectivity index (χ2v) is 6.27. The summed E-state index contributed by atoms with van der Waals surface area (Å²) in [6.45, 7) is 6.00. The molecule has 7 heteroatoms. The van der Waals surface area contributed by atoms with Gasteiger partial charge in [-0.1, -0.05) is 32.0 Å². The van der Waals surface area contributed by atoms with E-state index in [1.165, 1.54) is 4.57 Å². The first-order valence-electron chi connectivity index (χ1n) is 8.46. The molecule has 2 N–H and O–H groups in total. The first kappa shape index (κ1) is 17.6. The van der Waals surface area contributed by atoms with Crippen molar-refractivity contribution in [3.63, 3.8) is 0 Å². The molecule has 0 spiro atoms. The van der Waals surface area contributed by atoms with Gasteiger partial charge in [0.25, 0.3) is 11.5 Å². The topological polar surface area (TPSA) is 96.9 Å². The number of H-pyrrole nitrogens is 1. The SMILES string of the molecule is CCn1c(=O)[nH]c(=O)c2c(C(=O)Nc3ccccc3)cc(C(C)C)nc21. The summed E-state index contributed by atoms with van der Waals surface area (Å²) in [5.41, 5.74) is 0.539. The number of pyridine rings is 1. The second-order valence-electron chi connectivity index (χ2n) is 6.27. The van der Waals surface area contributed by atoms with E-state index in [9.17, 15) is 14.4 Å². The molecule has 3 aromatic rings. The van der Waals surface area contributed by atoms with Crippen molar-refractivity contribution < 1.29 is 4.79 Å². The Kier molecular flexibility index (Phi) is 4.71. The van der Waals surface area contributed by atoms with E-state index < -0.39 is 17.2 Å². The number of benzene rings is 1. The lowest BCUT2D eigenvalue weighted by Crippen LogP contribution is -2.32. The van der Waals surface area contributed by atoms with E-state index >= 15 is 0 Å². The monoisotopic (exact) mass is 352 g/mol. The Labute approximate surface area is 149 Å². The molecule has 0 fully saturated rings. The van der Waals surface area contributed by atoms with Gasteiger partial charge in [-0.15, -0.1) is 0 Å². The van der Waals surface area contributed by atoms with Crippen molar-refractivity contribution in [1.82, 2.24) is 14.5 Å². The van der Waals surface area contributed by atoms with Crippen LogP contribution < -0.4 is 16.6 Å². The summed E-state index contributed by atoms with van der Waals surface area (Å²) in [5, 5.41) is 2.90. The number of rotatable bonds is 4. The number of carbonyl (C=O) groups is 1. The van der Waals surface area contributed by atoms with E-state index in [2.05, 4.69) is 15.3 Å². The van der Waals surface area contributed by atoms with Crippen LogP contribution >= 0.6 is 0 Å². The average molecular weight is 352 g/mol. The number of para-hydroxylation sites is 1. The zero-order valence-electron chi connectivity index (χ0n) is 14.9. The molecular weight excluding hydrogens is 332 g/mol. The molecule has 2 aromatic heterocycles. The molecule has 0 radical (unpaired) electrons. The summed E-state index contributed by atoms with van der Waals surface area (Å²) in [6, 6.07) is 10.6. The molecule has 0 atom stereocenters. The first-order chi connectivity index (χ1) is 12.4. The third-order valence-corrected chi connectivity index (χ3v) is 4.15. The van der Waals surface area contributed by atoms with Crippen LogP contribution in [0.15, 0.2) is 46.0 Å². The van der Waals surface area contributed by atoms with Gasteiger partial charge in [0, 0.05) is 17.9 Å². The number of nitrogens with one attached hydrogen (secondary N) is 2. The number of carbonyl (C=O) groups excluding carboxylic acids is 1. The van der Waals surface area contributed by atoms with Gasteiger partial charge in [-0.3, -0.25) is 19.1 Å². The highest BCUT2D eigenvalue weighted by Gasteiger charge is 2.20. The molecule has 0 unspecified atom stereocenters. The fourth-order valence-electron chi connectivity index (χ4n) is 2.78. The Morgan fingerprint density at radius 3 is 2.54 bits per heavy atom. The lowest BCUT2D eigenvalue weighted by atomic mass is 10.0. The molecule has 2 heterocycles. The molecule has 0 saturated carbocycles. The summed E-state index contributed by atoms with van der Waals surface area (Å²) in [5.74, 6) is -0.389. The lowest BCUT2D eigenvalue weighted by molar-refractivity contribution is 0.102. The highest BCUT2D eigenvalue weighted by Crippen LogP contribution is 2.20. The standard InChI is InChI=1S/C19H20N4O3/c1-4-23-16-15(18(25)22-19(23)26)13(10-14(21-16)11(2)3)17(24)20-12-8-6-5-7-9-12/h5-11H,4H2,1-3H3,(H,20,24)(H,22,25,26). The van der Waals surface area contributed by atoms with E-state index in [4.69, 9.17) is 0 Å². The minimum Gasteiger partial charge on any atom is -0.322 e. The normalized spacial score (nSPS) is 11.1. The van der Waals surface area contributed by atoms with Crippen LogP contribution in [0.3, 0.4) is 0 Å². The predicted octanol–water partition coefficient (Wildman–Crippen LogP) is 2.48. The molecule has 7 nitrogen and oxygen atoms in total. The Morgan fingerprint density at radius 2 is 1.92 bits per heavy atom. The van der Waals surface area contributed by atoms with Crippen molar-refractivity contribution in [2.24, 2.45) is 0 Å². The fourth-order valence-corrected chi connectivity index (χ4v) is 2.78. The van der Waals surface area contributed by atoms with Gasteiger partial charge in [0.2, 0.25) is 0 Å². The number of hydrogen-bond acceptors (Lipinski definition) is 4. The summed E-state index contributed by atoms with van der Waals surface area (Å²) >= 11 is 0. The van der Waals surface area contributed by atoms with Crippen molar-refractivity contribution in [2.75, 3.05) is 5.32 Å². The number of nitrogens with zero attached hydrogens (tertiary/aromatic N) is 2. The van der Waals surface area contributed by atoms with Crippen molar-refractivity contribution >= 4 is 22.6 Å². The van der Waals surface area contributed by atoms with Crippen molar-refractivity contribution in [3.8, 4) is 0 Å². The number of hydrogen-bond donors (Lipinski definition) is 2. The molecule has 0 bridgehead atoms. The van der Waals surface area contributed by atoms with Crippen molar-refractivity contribution in [1.29, 1.82) is 0 Å². The zero-order valence-corrected chi connectivity index (χ0v) is 14.9. The molecule has 0 aliphatic carbocycles. The summed E-state index contributed by atoms with van der Waals surface area (Å²) in [4.78, 5) is 44.2. The lowest BCUT2D eigenvalue weighted by Gasteiger charge is -2.14. The van der Waals surface area contributed by atoms with E-state index in [1.54, 1.807) is 37.3 Å². The Bertz CT molecular complexity index is 1080. The summed E-state index contributed by atoms with van der Waals surface area (Å²) in [7, 11) is 0. The molecule has 0 aliphatic heterocycles. The van der Waals surface area contributed by atoms with E-state index in [0.29, 0.717) is 17.9 Å². The zero-order chi connectivity index (χ0) is 18.8. The minimum atomic E-state index is -0.615. The van der Waals surface area contributed by atoms with Crippen LogP contribution in [0.25, 0.3) is 11.0 Å². The van der Waals surface area contributed by atoms with Gasteiger partial charge in [-0.2, -0.15) is 0 Å². The highest BCUT2D eigenvalue weighted by molar-refractivity contribution is 6.11. The van der Waals surface area contributed by atoms with Gasteiger partial charge in [0.15, 0.2) is 5.65 Å². The number of aryl methyl sites for hydroxylation is 1. The van der Waals surface area contributed by atoms with Gasteiger partial charge >= 0.3 is 5.69 Å². The van der Waals surface area contributed by atoms with Gasteiger partial charge in [-0.05, 0) is 31.0 Å². The number of aromatic nitrogens is 3. The summed E-state index contributed by atoms with van der Waals surface area (Å²) in [6.07, 6.45) is 0. The molecule has 26 heavy (non-hydrogen) atoms. The van der Waals surface area contributed by atoms with E-state index in [-0.39, 0.29) is 22.5 Å². The van der Waals surface area contributed by atoms with Crippen LogP contribution in [-0.2, 0) is 6.54 Å². The van der Waals surface area contributed by atoms with Gasteiger partial charge in [0.1, 0.15) is 0 Å². The number of aromatic amines is 1. The van der Waals surface area contributed by atoms with Gasteiger partial charge < -0.3 is 5.32 Å². The molecule has 0 saturated heterocycles. The predicted molar refractivity (Wildman–Crippen MR) is 101 cm³/mol. The molecule has 0 aliphatic rings. The van der Waals surface area contributed by atoms with Crippen LogP contribution in [0.4, 0.5) is 5.69 Å². The van der Waals surface area contributed by atoms with Gasteiger partial charge in [-0.25, -0.2) is 9.78 Å². The summed E-state index contributed by atoms with van der Waals surface area (Å²) < 4.78 is 1.36. The molecular formula is C19H20N4O3. The van der Waals surface area contributed by atoms with E-state index in [0.717, 1.165) is 0 Å². The highest BCUT2D eigenvalue weighted by atomic mass is 16.2. The Morgan fingerprint density at radius 1 is 1.23 bits per heavy atom. The minimum absolute atomic E-state index is 0.0300. The molecule has 134 valence electrons. The maximum Gasteiger partial charge on any atom is 0.329 e. The number of anilines is 1. The maximum absolute atomic E-state index is 12.9. The van der Waals surface area contributed by atoms with Crippen LogP contribution in [0.5, 0.6) is 0 Å². The van der Waals surface area contributed by atoms with E-state index in [1.807, 2.05) is 19.9 Å². The quantitative estimate of drug-likeness (QED) is 0.754. The number of amides is 1. The van der Waals surface area contributed by atoms with Crippen LogP contribution in [0.1, 0.15) is 42.7 Å². The van der Waals surface area contributed by atoms with Crippen LogP contribution in [0.2, 0.25) is 0 Å². The Hall–Kier alpha value is -3.22. The van der Waals surface area contributed by atoms with Crippen LogP contribution in [-0.4, -0.2) is 20.4 Å². The number of fused-ring (bicyclic) bond motifs is 1. The average Bonchev–Trinajstić information content (AvgIpc) is 2.61. The van der Waals surface area contributed by atoms with Crippen LogP contribution in [0, 0.1) is 0 Å². The van der Waals surface area contributed by atoms with Crippen molar-refractivity contribution in [2.45, 2.75) is 33.2 Å². The molecule has 3 rings (SSSR count). The second kappa shape index (κ2) is 6.95. The van der Waals surface area contributed by atoms with Crippen molar-refractivity contribution in [3.05, 3.63) is 68.5 Å². The largest absolute Gasteiger partial charge is 0.329 e. The van der Waals surface area contributed by atoms with Gasteiger partial charge in [0.05, 0.1) is 10.9 Å².